The first-order chi connectivity index (χ1) is 13.0. The Bertz CT molecular complexity index is 901. The molecule has 0 radical (unpaired) electrons. The van der Waals surface area contributed by atoms with Gasteiger partial charge < -0.3 is 5.11 Å². The van der Waals surface area contributed by atoms with Crippen molar-refractivity contribution in [2.24, 2.45) is 5.10 Å². The molecule has 0 bridgehead atoms. The lowest BCUT2D eigenvalue weighted by Crippen LogP contribution is -2.43. The van der Waals surface area contributed by atoms with Gasteiger partial charge in [-0.1, -0.05) is 89.9 Å². The van der Waals surface area contributed by atoms with E-state index < -0.39 is 11.5 Å². The van der Waals surface area contributed by atoms with Crippen LogP contribution in [0.25, 0.3) is 0 Å². The van der Waals surface area contributed by atoms with Crippen molar-refractivity contribution < 1.29 is 9.90 Å². The molecule has 0 saturated carbocycles. The lowest BCUT2D eigenvalue weighted by Gasteiger charge is -2.27. The van der Waals surface area contributed by atoms with Gasteiger partial charge in [0, 0.05) is 5.56 Å². The van der Waals surface area contributed by atoms with Gasteiger partial charge >= 0.3 is 0 Å². The quantitative estimate of drug-likeness (QED) is 0.494. The summed E-state index contributed by atoms with van der Waals surface area (Å²) >= 11 is 12.2. The Morgan fingerprint density at radius 2 is 1.33 bits per heavy atom. The highest BCUT2D eigenvalue weighted by Crippen LogP contribution is 2.30. The zero-order chi connectivity index (χ0) is 19.3. The van der Waals surface area contributed by atoms with Crippen LogP contribution < -0.4 is 5.43 Å². The number of nitrogens with zero attached hydrogens (tertiary/aromatic N) is 1. The van der Waals surface area contributed by atoms with E-state index in [1.54, 1.807) is 66.7 Å². The summed E-state index contributed by atoms with van der Waals surface area (Å²) in [7, 11) is 0. The third kappa shape index (κ3) is 4.03. The molecule has 3 aromatic rings. The van der Waals surface area contributed by atoms with Gasteiger partial charge in [-0.2, -0.15) is 5.10 Å². The average Bonchev–Trinajstić information content (AvgIpc) is 2.70. The maximum absolute atomic E-state index is 12.9. The first-order valence-corrected chi connectivity index (χ1v) is 8.90. The molecule has 1 amide bonds. The number of benzene rings is 3. The molecule has 3 rings (SSSR count). The molecule has 0 atom stereocenters. The van der Waals surface area contributed by atoms with Crippen molar-refractivity contribution in [1.29, 1.82) is 0 Å². The third-order valence-corrected chi connectivity index (χ3v) is 4.73. The summed E-state index contributed by atoms with van der Waals surface area (Å²) in [4.78, 5) is 12.9. The number of halogens is 2. The van der Waals surface area contributed by atoms with E-state index in [-0.39, 0.29) is 0 Å². The Labute approximate surface area is 167 Å². The van der Waals surface area contributed by atoms with Crippen LogP contribution in [-0.4, -0.2) is 17.2 Å². The zero-order valence-corrected chi connectivity index (χ0v) is 15.7. The average molecular weight is 399 g/mol. The molecule has 0 heterocycles. The number of carbonyl (C=O) groups is 1. The maximum atomic E-state index is 12.9. The van der Waals surface area contributed by atoms with E-state index in [4.69, 9.17) is 23.2 Å². The first kappa shape index (κ1) is 19.1. The van der Waals surface area contributed by atoms with Gasteiger partial charge in [0.25, 0.3) is 5.91 Å². The molecule has 3 aromatic carbocycles. The number of aliphatic hydroxyl groups is 1. The molecule has 0 fully saturated rings. The van der Waals surface area contributed by atoms with Gasteiger partial charge in [0.2, 0.25) is 0 Å². The zero-order valence-electron chi connectivity index (χ0n) is 14.1. The van der Waals surface area contributed by atoms with E-state index >= 15 is 0 Å². The van der Waals surface area contributed by atoms with Crippen molar-refractivity contribution in [3.05, 3.63) is 106 Å². The fourth-order valence-corrected chi connectivity index (χ4v) is 3.15. The molecular weight excluding hydrogens is 383 g/mol. The van der Waals surface area contributed by atoms with Crippen LogP contribution in [0.4, 0.5) is 0 Å². The van der Waals surface area contributed by atoms with Crippen LogP contribution in [0, 0.1) is 0 Å². The second kappa shape index (κ2) is 8.35. The van der Waals surface area contributed by atoms with E-state index in [0.29, 0.717) is 26.7 Å². The van der Waals surface area contributed by atoms with Gasteiger partial charge in [0.05, 0.1) is 16.3 Å². The molecule has 0 aliphatic heterocycles. The fraction of sp³-hybridized carbons (Fsp3) is 0.0476. The number of amides is 1. The molecular formula is C21H16Cl2N2O2. The minimum Gasteiger partial charge on any atom is -0.372 e. The Balaban J connectivity index is 1.92. The molecule has 27 heavy (non-hydrogen) atoms. The summed E-state index contributed by atoms with van der Waals surface area (Å²) in [5, 5.41) is 16.0. The highest BCUT2D eigenvalue weighted by molar-refractivity contribution is 6.38. The van der Waals surface area contributed by atoms with Gasteiger partial charge in [0.15, 0.2) is 5.60 Å². The van der Waals surface area contributed by atoms with Crippen LogP contribution >= 0.6 is 23.2 Å². The second-order valence-electron chi connectivity index (χ2n) is 5.78. The van der Waals surface area contributed by atoms with E-state index in [2.05, 4.69) is 10.5 Å². The summed E-state index contributed by atoms with van der Waals surface area (Å²) in [6.45, 7) is 0. The SMILES string of the molecule is O=C(N/N=C\c1c(Cl)cccc1Cl)C(O)(c1ccccc1)c1ccccc1. The number of hydrazone groups is 1. The molecule has 0 spiro atoms. The van der Waals surface area contributed by atoms with Crippen molar-refractivity contribution in [2.45, 2.75) is 5.60 Å². The number of nitrogens with one attached hydrogen (secondary N) is 1. The summed E-state index contributed by atoms with van der Waals surface area (Å²) < 4.78 is 0. The Morgan fingerprint density at radius 1 is 0.852 bits per heavy atom. The number of rotatable bonds is 5. The molecule has 6 heteroatoms. The maximum Gasteiger partial charge on any atom is 0.281 e. The summed E-state index contributed by atoms with van der Waals surface area (Å²) in [6.07, 6.45) is 1.35. The minimum absolute atomic E-state index is 0.405. The van der Waals surface area contributed by atoms with Crippen LogP contribution in [0.5, 0.6) is 0 Å². The lowest BCUT2D eigenvalue weighted by molar-refractivity contribution is -0.136. The summed E-state index contributed by atoms with van der Waals surface area (Å²) in [5.41, 5.74) is 1.82. The van der Waals surface area contributed by atoms with Crippen LogP contribution in [0.1, 0.15) is 16.7 Å². The number of carbonyl (C=O) groups excluding carboxylic acids is 1. The van der Waals surface area contributed by atoms with Crippen LogP contribution in [0.15, 0.2) is 84.0 Å². The fourth-order valence-electron chi connectivity index (χ4n) is 2.66. The first-order valence-electron chi connectivity index (χ1n) is 8.14. The highest BCUT2D eigenvalue weighted by Gasteiger charge is 2.39. The number of hydrogen-bond donors (Lipinski definition) is 2. The number of hydrogen-bond acceptors (Lipinski definition) is 3. The smallest absolute Gasteiger partial charge is 0.281 e. The molecule has 0 aliphatic rings. The van der Waals surface area contributed by atoms with E-state index in [0.717, 1.165) is 0 Å². The van der Waals surface area contributed by atoms with Crippen molar-refractivity contribution in [3.8, 4) is 0 Å². The van der Waals surface area contributed by atoms with Crippen molar-refractivity contribution in [3.63, 3.8) is 0 Å². The van der Waals surface area contributed by atoms with Gasteiger partial charge in [-0.15, -0.1) is 0 Å². The molecule has 0 aromatic heterocycles. The predicted molar refractivity (Wildman–Crippen MR) is 108 cm³/mol. The van der Waals surface area contributed by atoms with E-state index in [1.807, 2.05) is 12.1 Å². The monoisotopic (exact) mass is 398 g/mol. The Hall–Kier alpha value is -2.66. The van der Waals surface area contributed by atoms with E-state index in [1.165, 1.54) is 6.21 Å². The minimum atomic E-state index is -1.90. The molecule has 0 unspecified atom stereocenters. The van der Waals surface area contributed by atoms with Gasteiger partial charge in [-0.05, 0) is 23.3 Å². The predicted octanol–water partition coefficient (Wildman–Crippen LogP) is 4.38. The largest absolute Gasteiger partial charge is 0.372 e. The van der Waals surface area contributed by atoms with Crippen LogP contribution in [-0.2, 0) is 10.4 Å². The third-order valence-electron chi connectivity index (χ3n) is 4.07. The normalized spacial score (nSPS) is 11.5. The lowest BCUT2D eigenvalue weighted by atomic mass is 9.85. The van der Waals surface area contributed by atoms with Crippen LogP contribution in [0.3, 0.4) is 0 Å². The molecule has 0 saturated heterocycles. The van der Waals surface area contributed by atoms with Crippen molar-refractivity contribution >= 4 is 35.3 Å². The second-order valence-corrected chi connectivity index (χ2v) is 6.59. The Morgan fingerprint density at radius 3 is 1.81 bits per heavy atom. The van der Waals surface area contributed by atoms with Crippen molar-refractivity contribution in [1.82, 2.24) is 5.43 Å². The van der Waals surface area contributed by atoms with Crippen LogP contribution in [0.2, 0.25) is 10.0 Å². The Kier molecular flexibility index (Phi) is 5.91. The van der Waals surface area contributed by atoms with Gasteiger partial charge in [-0.3, -0.25) is 4.79 Å². The molecule has 4 nitrogen and oxygen atoms in total. The van der Waals surface area contributed by atoms with Crippen molar-refractivity contribution in [2.75, 3.05) is 0 Å². The topological polar surface area (TPSA) is 61.7 Å². The summed E-state index contributed by atoms with van der Waals surface area (Å²) in [5.74, 6) is -0.695. The summed E-state index contributed by atoms with van der Waals surface area (Å²) in [6, 6.07) is 22.4. The van der Waals surface area contributed by atoms with Gasteiger partial charge in [0.1, 0.15) is 0 Å². The molecule has 136 valence electrons. The standard InChI is InChI=1S/C21H16Cl2N2O2/c22-18-12-7-13-19(23)17(18)14-24-25-20(26)21(27,15-8-3-1-4-9-15)16-10-5-2-6-11-16/h1-14,27H,(H,25,26)/b24-14-. The molecule has 2 N–H and O–H groups in total. The highest BCUT2D eigenvalue weighted by atomic mass is 35.5. The van der Waals surface area contributed by atoms with Gasteiger partial charge in [-0.25, -0.2) is 5.43 Å². The van der Waals surface area contributed by atoms with E-state index in [9.17, 15) is 9.90 Å². The molecule has 0 aliphatic carbocycles.